The Labute approximate surface area is 243 Å². The summed E-state index contributed by atoms with van der Waals surface area (Å²) in [5.74, 6) is -2.86. The number of aryl methyl sites for hydroxylation is 2. The molecule has 234 valence electrons. The first kappa shape index (κ1) is 33.3. The van der Waals surface area contributed by atoms with E-state index in [0.29, 0.717) is 29.3 Å². The van der Waals surface area contributed by atoms with Gasteiger partial charge in [0.15, 0.2) is 11.5 Å². The Kier molecular flexibility index (Phi) is 11.1. The molecule has 43 heavy (non-hydrogen) atoms. The van der Waals surface area contributed by atoms with Crippen LogP contribution in [0.25, 0.3) is 0 Å². The van der Waals surface area contributed by atoms with Gasteiger partial charge >= 0.3 is 10.4 Å². The van der Waals surface area contributed by atoms with Crippen LogP contribution in [-0.4, -0.2) is 84.8 Å². The lowest BCUT2D eigenvalue weighted by Crippen LogP contribution is -2.43. The Balaban J connectivity index is 0.000000934. The molecule has 1 saturated carbocycles. The van der Waals surface area contributed by atoms with Crippen LogP contribution >= 0.6 is 0 Å². The predicted molar refractivity (Wildman–Crippen MR) is 143 cm³/mol. The van der Waals surface area contributed by atoms with Gasteiger partial charge in [-0.25, -0.2) is 17.9 Å². The molecule has 3 aromatic heterocycles. The lowest BCUT2D eigenvalue weighted by molar-refractivity contribution is -0.134. The molecule has 0 aromatic carbocycles. The van der Waals surface area contributed by atoms with Crippen LogP contribution in [0.15, 0.2) is 30.5 Å². The third kappa shape index (κ3) is 11.9. The molecule has 1 unspecified atom stereocenters. The molecule has 3 aromatic rings. The van der Waals surface area contributed by atoms with Crippen molar-refractivity contribution in [3.63, 3.8) is 0 Å². The number of hydrogen-bond acceptors (Lipinski definition) is 10. The van der Waals surface area contributed by atoms with Crippen LogP contribution in [0, 0.1) is 6.92 Å². The summed E-state index contributed by atoms with van der Waals surface area (Å²) in [6.07, 6.45) is -0.695. The number of alkyl halides is 3. The zero-order chi connectivity index (χ0) is 31.8. The lowest BCUT2D eigenvalue weighted by atomic mass is 9.91. The Morgan fingerprint density at radius 3 is 2.47 bits per heavy atom. The van der Waals surface area contributed by atoms with Gasteiger partial charge in [0.2, 0.25) is 5.91 Å². The van der Waals surface area contributed by atoms with Gasteiger partial charge in [-0.05, 0) is 31.9 Å². The summed E-state index contributed by atoms with van der Waals surface area (Å²) in [5, 5.41) is 20.5. The molecule has 4 rings (SSSR count). The third-order valence-electron chi connectivity index (χ3n) is 5.76. The third-order valence-corrected chi connectivity index (χ3v) is 5.76. The summed E-state index contributed by atoms with van der Waals surface area (Å²) in [4.78, 5) is 28.3. The van der Waals surface area contributed by atoms with Crippen LogP contribution in [0.4, 0.5) is 19.0 Å². The Morgan fingerprint density at radius 2 is 1.86 bits per heavy atom. The number of nitrogens with zero attached hydrogens (tertiary/aromatic N) is 6. The molecule has 0 bridgehead atoms. The van der Waals surface area contributed by atoms with Gasteiger partial charge in [0.25, 0.3) is 11.8 Å². The Bertz CT molecular complexity index is 1510. The van der Waals surface area contributed by atoms with E-state index in [1.165, 1.54) is 17.9 Å². The van der Waals surface area contributed by atoms with Gasteiger partial charge < -0.3 is 15.4 Å². The maximum Gasteiger partial charge on any atom is 0.394 e. The Morgan fingerprint density at radius 1 is 1.16 bits per heavy atom. The number of carbonyl (C=O) groups is 2. The number of amides is 2. The summed E-state index contributed by atoms with van der Waals surface area (Å²) >= 11 is 0. The molecule has 1 aliphatic rings. The van der Waals surface area contributed by atoms with Crippen LogP contribution in [0.5, 0.6) is 5.75 Å². The van der Waals surface area contributed by atoms with E-state index in [2.05, 4.69) is 36.1 Å². The highest BCUT2D eigenvalue weighted by atomic mass is 32.3. The summed E-state index contributed by atoms with van der Waals surface area (Å²) in [6.45, 7) is 1.67. The van der Waals surface area contributed by atoms with Crippen LogP contribution < -0.4 is 15.4 Å². The van der Waals surface area contributed by atoms with E-state index in [-0.39, 0.29) is 49.6 Å². The van der Waals surface area contributed by atoms with Gasteiger partial charge in [-0.3, -0.25) is 23.7 Å². The number of hydrogen-bond donors (Lipinski definition) is 4. The predicted octanol–water partition coefficient (Wildman–Crippen LogP) is 1.81. The molecular weight excluding hydrogens is 601 g/mol. The molecule has 0 radical (unpaired) electrons. The number of halogens is 3. The van der Waals surface area contributed by atoms with Crippen molar-refractivity contribution in [2.24, 2.45) is 0 Å². The van der Waals surface area contributed by atoms with Crippen LogP contribution in [0.3, 0.4) is 0 Å². The van der Waals surface area contributed by atoms with E-state index in [0.717, 1.165) is 0 Å². The maximum absolute atomic E-state index is 14.4. The lowest BCUT2D eigenvalue weighted by Gasteiger charge is -2.34. The normalized spacial score (nSPS) is 15.0. The number of anilines is 1. The second-order valence-electron chi connectivity index (χ2n) is 9.56. The highest BCUT2D eigenvalue weighted by molar-refractivity contribution is 7.79. The fraction of sp³-hybridized carbons (Fsp3) is 0.458. The monoisotopic (exact) mass is 630 g/mol. The Hall–Kier alpha value is -4.23. The number of ether oxygens (including phenoxy) is 1. The van der Waals surface area contributed by atoms with E-state index < -0.39 is 34.5 Å². The number of aromatic nitrogens is 6. The average molecular weight is 631 g/mol. The summed E-state index contributed by atoms with van der Waals surface area (Å²) in [7, 11) is -3.20. The summed E-state index contributed by atoms with van der Waals surface area (Å²) in [5.41, 5.74) is 1.68. The van der Waals surface area contributed by atoms with Crippen molar-refractivity contribution in [2.75, 3.05) is 12.4 Å². The minimum Gasteiger partial charge on any atom is -0.490 e. The molecule has 1 atom stereocenters. The number of pyridine rings is 1. The summed E-state index contributed by atoms with van der Waals surface area (Å²) < 4.78 is 78.9. The molecule has 1 aliphatic carbocycles. The van der Waals surface area contributed by atoms with Gasteiger partial charge in [0, 0.05) is 37.7 Å². The van der Waals surface area contributed by atoms with E-state index in [1.807, 2.05) is 0 Å². The van der Waals surface area contributed by atoms with E-state index in [4.69, 9.17) is 22.3 Å². The van der Waals surface area contributed by atoms with Crippen molar-refractivity contribution in [2.45, 2.75) is 63.8 Å². The van der Waals surface area contributed by atoms with Gasteiger partial charge in [0.1, 0.15) is 18.0 Å². The maximum atomic E-state index is 14.4. The topological polar surface area (TPSA) is 211 Å². The standard InChI is InChI=1S/C24H27F3N8O3.H2O4S/c1-14-7-18(38-19-10-24(26,27)11-19)8-17(29-14)9-22(36)30-21-6-5-16(31-33-21)4-3-15(25)12-35-13-20(32-34-35)23(37)28-2;1-5(2,3)4/h5-8,13,15,19H,3-4,9-12H2,1-2H3,(H,28,37)(H,30,33,36);(H2,1,2,3,4). The highest BCUT2D eigenvalue weighted by Crippen LogP contribution is 2.39. The first-order chi connectivity index (χ1) is 20.1. The molecule has 0 saturated heterocycles. The first-order valence-corrected chi connectivity index (χ1v) is 14.1. The van der Waals surface area contributed by atoms with Gasteiger partial charge in [-0.15, -0.1) is 10.2 Å². The van der Waals surface area contributed by atoms with Gasteiger partial charge in [-0.2, -0.15) is 13.5 Å². The molecule has 3 heterocycles. The fourth-order valence-electron chi connectivity index (χ4n) is 3.87. The van der Waals surface area contributed by atoms with Crippen molar-refractivity contribution < 1.29 is 45.0 Å². The molecule has 0 spiro atoms. The molecule has 0 aliphatic heterocycles. The van der Waals surface area contributed by atoms with Crippen molar-refractivity contribution in [1.82, 2.24) is 35.5 Å². The van der Waals surface area contributed by atoms with Gasteiger partial charge in [0.05, 0.1) is 30.6 Å². The van der Waals surface area contributed by atoms with Crippen molar-refractivity contribution in [3.8, 4) is 5.75 Å². The van der Waals surface area contributed by atoms with Crippen LogP contribution in [0.2, 0.25) is 0 Å². The molecule has 19 heteroatoms. The number of rotatable bonds is 11. The first-order valence-electron chi connectivity index (χ1n) is 12.7. The second kappa shape index (κ2) is 14.3. The minimum absolute atomic E-state index is 0.0571. The minimum atomic E-state index is -4.67. The molecule has 4 N–H and O–H groups in total. The average Bonchev–Trinajstić information content (AvgIpc) is 3.33. The molecular formula is C24H29F3N8O7S. The smallest absolute Gasteiger partial charge is 0.394 e. The van der Waals surface area contributed by atoms with Crippen molar-refractivity contribution in [1.29, 1.82) is 0 Å². The number of nitrogens with one attached hydrogen (secondary N) is 2. The van der Waals surface area contributed by atoms with E-state index in [9.17, 15) is 22.8 Å². The zero-order valence-corrected chi connectivity index (χ0v) is 23.8. The second-order valence-corrected chi connectivity index (χ2v) is 10.5. The highest BCUT2D eigenvalue weighted by Gasteiger charge is 2.47. The van der Waals surface area contributed by atoms with E-state index in [1.54, 1.807) is 31.2 Å². The molecule has 1 fully saturated rings. The van der Waals surface area contributed by atoms with Crippen molar-refractivity contribution >= 4 is 28.0 Å². The largest absolute Gasteiger partial charge is 0.490 e. The SMILES string of the molecule is CNC(=O)c1cn(CC(F)CCc2ccc(NC(=O)Cc3cc(OC4CC(F)(F)C4)cc(C)n3)nn2)nn1.O=S(=O)(O)O. The molecule has 2 amide bonds. The van der Waals surface area contributed by atoms with Crippen molar-refractivity contribution in [3.05, 3.63) is 53.2 Å². The molecule has 15 nitrogen and oxygen atoms in total. The van der Waals surface area contributed by atoms with Crippen LogP contribution in [0.1, 0.15) is 46.8 Å². The van der Waals surface area contributed by atoms with E-state index >= 15 is 0 Å². The summed E-state index contributed by atoms with van der Waals surface area (Å²) in [6, 6.07) is 6.40. The fourth-order valence-corrected chi connectivity index (χ4v) is 3.87. The number of carbonyl (C=O) groups excluding carboxylic acids is 2. The van der Waals surface area contributed by atoms with Gasteiger partial charge in [-0.1, -0.05) is 5.21 Å². The van der Waals surface area contributed by atoms with Crippen LogP contribution in [-0.2, 0) is 34.6 Å². The zero-order valence-electron chi connectivity index (χ0n) is 22.9. The quantitative estimate of drug-likeness (QED) is 0.224.